The van der Waals surface area contributed by atoms with Gasteiger partial charge in [0.25, 0.3) is 0 Å². The first kappa shape index (κ1) is 18.8. The Balaban J connectivity index is 2.03. The minimum atomic E-state index is -0.263. The molecular formula is C18H15Cl2N3O2. The molecule has 0 bridgehead atoms. The van der Waals surface area contributed by atoms with E-state index in [1.54, 1.807) is 42.5 Å². The molecule has 0 fully saturated rings. The van der Waals surface area contributed by atoms with Gasteiger partial charge in [-0.2, -0.15) is 5.26 Å². The van der Waals surface area contributed by atoms with Crippen molar-refractivity contribution < 1.29 is 9.59 Å². The van der Waals surface area contributed by atoms with Crippen molar-refractivity contribution in [2.75, 3.05) is 16.8 Å². The van der Waals surface area contributed by atoms with Gasteiger partial charge in [-0.05, 0) is 36.4 Å². The number of nitrogens with one attached hydrogen (secondary N) is 1. The topological polar surface area (TPSA) is 73.2 Å². The predicted octanol–water partition coefficient (Wildman–Crippen LogP) is 4.25. The maximum Gasteiger partial charge on any atom is 0.226 e. The molecule has 2 amide bonds. The highest BCUT2D eigenvalue weighted by atomic mass is 35.5. The smallest absolute Gasteiger partial charge is 0.226 e. The van der Waals surface area contributed by atoms with Gasteiger partial charge in [0.05, 0.1) is 21.7 Å². The number of hydrogen-bond acceptors (Lipinski definition) is 3. The van der Waals surface area contributed by atoms with Gasteiger partial charge in [0.2, 0.25) is 11.8 Å². The van der Waals surface area contributed by atoms with Crippen LogP contribution in [0.15, 0.2) is 42.5 Å². The molecule has 25 heavy (non-hydrogen) atoms. The molecule has 0 aliphatic carbocycles. The van der Waals surface area contributed by atoms with E-state index in [1.807, 2.05) is 6.07 Å². The van der Waals surface area contributed by atoms with Gasteiger partial charge in [0, 0.05) is 31.3 Å². The Labute approximate surface area is 155 Å². The van der Waals surface area contributed by atoms with E-state index in [2.05, 4.69) is 5.32 Å². The van der Waals surface area contributed by atoms with Crippen molar-refractivity contribution in [3.8, 4) is 6.07 Å². The Hall–Kier alpha value is -2.55. The van der Waals surface area contributed by atoms with E-state index in [0.717, 1.165) is 0 Å². The van der Waals surface area contributed by atoms with Crippen LogP contribution in [0, 0.1) is 11.3 Å². The number of anilines is 2. The fraction of sp³-hybridized carbons (Fsp3) is 0.167. The number of benzene rings is 2. The lowest BCUT2D eigenvalue weighted by Gasteiger charge is -2.21. The lowest BCUT2D eigenvalue weighted by atomic mass is 10.2. The molecule has 0 saturated heterocycles. The molecule has 0 aromatic heterocycles. The molecule has 0 radical (unpaired) electrons. The largest absolute Gasteiger partial charge is 0.326 e. The zero-order valence-electron chi connectivity index (χ0n) is 13.4. The van der Waals surface area contributed by atoms with Gasteiger partial charge >= 0.3 is 0 Å². The van der Waals surface area contributed by atoms with E-state index in [0.29, 0.717) is 27.0 Å². The van der Waals surface area contributed by atoms with Crippen molar-refractivity contribution in [2.45, 2.75) is 13.3 Å². The second-order valence-electron chi connectivity index (χ2n) is 5.26. The van der Waals surface area contributed by atoms with Crippen molar-refractivity contribution in [3.63, 3.8) is 0 Å². The molecule has 0 aliphatic rings. The van der Waals surface area contributed by atoms with E-state index >= 15 is 0 Å². The molecule has 0 atom stereocenters. The van der Waals surface area contributed by atoms with Gasteiger partial charge in [0.15, 0.2) is 0 Å². The van der Waals surface area contributed by atoms with E-state index in [1.165, 1.54) is 11.8 Å². The van der Waals surface area contributed by atoms with Crippen LogP contribution < -0.4 is 10.2 Å². The SMILES string of the molecule is CC(=O)N(CCC(=O)Nc1cccc(C#N)c1)c1ccc(Cl)c(Cl)c1. The highest BCUT2D eigenvalue weighted by molar-refractivity contribution is 6.42. The summed E-state index contributed by atoms with van der Waals surface area (Å²) in [5.41, 5.74) is 1.56. The summed E-state index contributed by atoms with van der Waals surface area (Å²) in [6.07, 6.45) is 0.0939. The third-order valence-electron chi connectivity index (χ3n) is 3.43. The average Bonchev–Trinajstić information content (AvgIpc) is 2.58. The molecule has 0 heterocycles. The molecule has 2 aromatic rings. The minimum absolute atomic E-state index is 0.0939. The Morgan fingerprint density at radius 2 is 1.92 bits per heavy atom. The van der Waals surface area contributed by atoms with Gasteiger partial charge in [-0.3, -0.25) is 9.59 Å². The molecule has 0 saturated carbocycles. The zero-order valence-corrected chi connectivity index (χ0v) is 14.9. The first-order chi connectivity index (χ1) is 11.9. The van der Waals surface area contributed by atoms with E-state index < -0.39 is 0 Å². The van der Waals surface area contributed by atoms with Crippen LogP contribution in [0.5, 0.6) is 0 Å². The van der Waals surface area contributed by atoms with Crippen molar-refractivity contribution in [1.82, 2.24) is 0 Å². The van der Waals surface area contributed by atoms with Crippen LogP contribution >= 0.6 is 23.2 Å². The number of carbonyl (C=O) groups excluding carboxylic acids is 2. The summed E-state index contributed by atoms with van der Waals surface area (Å²) in [6.45, 7) is 1.61. The summed E-state index contributed by atoms with van der Waals surface area (Å²) >= 11 is 11.9. The lowest BCUT2D eigenvalue weighted by molar-refractivity contribution is -0.117. The number of nitriles is 1. The molecule has 0 unspecified atom stereocenters. The van der Waals surface area contributed by atoms with E-state index in [-0.39, 0.29) is 24.8 Å². The van der Waals surface area contributed by atoms with Crippen molar-refractivity contribution in [1.29, 1.82) is 5.26 Å². The predicted molar refractivity (Wildman–Crippen MR) is 98.9 cm³/mol. The fourth-order valence-electron chi connectivity index (χ4n) is 2.22. The van der Waals surface area contributed by atoms with Crippen LogP contribution in [0.4, 0.5) is 11.4 Å². The summed E-state index contributed by atoms with van der Waals surface area (Å²) in [4.78, 5) is 25.4. The molecule has 5 nitrogen and oxygen atoms in total. The quantitative estimate of drug-likeness (QED) is 0.848. The van der Waals surface area contributed by atoms with Gasteiger partial charge in [-0.15, -0.1) is 0 Å². The number of hydrogen-bond donors (Lipinski definition) is 1. The highest BCUT2D eigenvalue weighted by Gasteiger charge is 2.15. The van der Waals surface area contributed by atoms with Crippen LogP contribution in [-0.2, 0) is 9.59 Å². The maximum absolute atomic E-state index is 12.1. The first-order valence-electron chi connectivity index (χ1n) is 7.44. The Kier molecular flexibility index (Phi) is 6.40. The van der Waals surface area contributed by atoms with Crippen LogP contribution in [-0.4, -0.2) is 18.4 Å². The van der Waals surface area contributed by atoms with Crippen molar-refractivity contribution in [2.24, 2.45) is 0 Å². The standard InChI is InChI=1S/C18H15Cl2N3O2/c1-12(24)23(15-5-6-16(19)17(20)10-15)8-7-18(25)22-14-4-2-3-13(9-14)11-21/h2-6,9-10H,7-8H2,1H3,(H,22,25). The first-order valence-corrected chi connectivity index (χ1v) is 8.19. The van der Waals surface area contributed by atoms with Crippen molar-refractivity contribution >= 4 is 46.4 Å². The number of amides is 2. The van der Waals surface area contributed by atoms with Gasteiger partial charge in [-0.1, -0.05) is 29.3 Å². The Morgan fingerprint density at radius 1 is 1.16 bits per heavy atom. The Morgan fingerprint density at radius 3 is 2.56 bits per heavy atom. The van der Waals surface area contributed by atoms with Crippen LogP contribution in [0.25, 0.3) is 0 Å². The van der Waals surface area contributed by atoms with Gasteiger partial charge in [0.1, 0.15) is 0 Å². The summed E-state index contributed by atoms with van der Waals surface area (Å²) in [5.74, 6) is -0.473. The second-order valence-corrected chi connectivity index (χ2v) is 6.07. The molecule has 0 spiro atoms. The van der Waals surface area contributed by atoms with Gasteiger partial charge in [-0.25, -0.2) is 0 Å². The number of carbonyl (C=O) groups is 2. The molecule has 0 aliphatic heterocycles. The third kappa shape index (κ3) is 5.21. The summed E-state index contributed by atoms with van der Waals surface area (Å²) in [5, 5.41) is 12.3. The molecule has 1 N–H and O–H groups in total. The maximum atomic E-state index is 12.1. The molecular weight excluding hydrogens is 361 g/mol. The monoisotopic (exact) mass is 375 g/mol. The fourth-order valence-corrected chi connectivity index (χ4v) is 2.52. The average molecular weight is 376 g/mol. The van der Waals surface area contributed by atoms with Crippen LogP contribution in [0.3, 0.4) is 0 Å². The van der Waals surface area contributed by atoms with Gasteiger partial charge < -0.3 is 10.2 Å². The normalized spacial score (nSPS) is 10.0. The highest BCUT2D eigenvalue weighted by Crippen LogP contribution is 2.27. The minimum Gasteiger partial charge on any atom is -0.326 e. The zero-order chi connectivity index (χ0) is 18.4. The third-order valence-corrected chi connectivity index (χ3v) is 4.17. The molecule has 2 rings (SSSR count). The Bertz CT molecular complexity index is 846. The molecule has 2 aromatic carbocycles. The molecule has 7 heteroatoms. The van der Waals surface area contributed by atoms with Crippen LogP contribution in [0.1, 0.15) is 18.9 Å². The number of rotatable bonds is 5. The van der Waals surface area contributed by atoms with Crippen LogP contribution in [0.2, 0.25) is 10.0 Å². The van der Waals surface area contributed by atoms with Crippen molar-refractivity contribution in [3.05, 3.63) is 58.1 Å². The molecule has 128 valence electrons. The second kappa shape index (κ2) is 8.52. The summed E-state index contributed by atoms with van der Waals surface area (Å²) < 4.78 is 0. The number of nitrogens with zero attached hydrogens (tertiary/aromatic N) is 2. The summed E-state index contributed by atoms with van der Waals surface area (Å²) in [7, 11) is 0. The number of halogens is 2. The van der Waals surface area contributed by atoms with E-state index in [9.17, 15) is 9.59 Å². The lowest BCUT2D eigenvalue weighted by Crippen LogP contribution is -2.31. The van der Waals surface area contributed by atoms with E-state index in [4.69, 9.17) is 28.5 Å². The summed E-state index contributed by atoms with van der Waals surface area (Å²) in [6, 6.07) is 13.5.